The lowest BCUT2D eigenvalue weighted by Crippen LogP contribution is -2.44. The van der Waals surface area contributed by atoms with Gasteiger partial charge in [0.25, 0.3) is 0 Å². The first-order valence-electron chi connectivity index (χ1n) is 8.31. The SMILES string of the molecule is COc1ccc([C@H]2NC(=S)NC3=C2CCc2ccc(OC)cc23)cc1. The van der Waals surface area contributed by atoms with Gasteiger partial charge in [0.2, 0.25) is 0 Å². The van der Waals surface area contributed by atoms with E-state index in [-0.39, 0.29) is 6.04 Å². The molecular formula is C20H20N2O2S. The molecule has 1 heterocycles. The van der Waals surface area contributed by atoms with Crippen LogP contribution in [-0.2, 0) is 6.42 Å². The monoisotopic (exact) mass is 352 g/mol. The fourth-order valence-electron chi connectivity index (χ4n) is 3.59. The smallest absolute Gasteiger partial charge is 0.171 e. The van der Waals surface area contributed by atoms with E-state index in [1.54, 1.807) is 14.2 Å². The van der Waals surface area contributed by atoms with E-state index < -0.39 is 0 Å². The van der Waals surface area contributed by atoms with E-state index >= 15 is 0 Å². The second-order valence-corrected chi connectivity index (χ2v) is 6.64. The molecule has 2 aliphatic rings. The van der Waals surface area contributed by atoms with Gasteiger partial charge in [-0.05, 0) is 66.0 Å². The number of rotatable bonds is 3. The molecule has 0 saturated carbocycles. The molecule has 0 unspecified atom stereocenters. The summed E-state index contributed by atoms with van der Waals surface area (Å²) in [6, 6.07) is 14.5. The number of nitrogens with one attached hydrogen (secondary N) is 2. The predicted molar refractivity (Wildman–Crippen MR) is 103 cm³/mol. The molecule has 1 atom stereocenters. The van der Waals surface area contributed by atoms with E-state index in [2.05, 4.69) is 34.9 Å². The van der Waals surface area contributed by atoms with Crippen LogP contribution < -0.4 is 20.1 Å². The Labute approximate surface area is 152 Å². The second-order valence-electron chi connectivity index (χ2n) is 6.23. The van der Waals surface area contributed by atoms with Crippen LogP contribution in [0.2, 0.25) is 0 Å². The first-order chi connectivity index (χ1) is 12.2. The third-order valence-corrected chi connectivity index (χ3v) is 5.10. The average molecular weight is 352 g/mol. The van der Waals surface area contributed by atoms with Gasteiger partial charge in [0.05, 0.1) is 20.3 Å². The Morgan fingerprint density at radius 3 is 2.40 bits per heavy atom. The molecule has 0 fully saturated rings. The van der Waals surface area contributed by atoms with Gasteiger partial charge in [-0.15, -0.1) is 0 Å². The largest absolute Gasteiger partial charge is 0.497 e. The molecule has 128 valence electrons. The third kappa shape index (κ3) is 2.85. The summed E-state index contributed by atoms with van der Waals surface area (Å²) in [5.74, 6) is 1.72. The minimum atomic E-state index is 0.0778. The summed E-state index contributed by atoms with van der Waals surface area (Å²) in [4.78, 5) is 0. The molecule has 1 aliphatic carbocycles. The van der Waals surface area contributed by atoms with Crippen LogP contribution in [-0.4, -0.2) is 19.3 Å². The molecule has 25 heavy (non-hydrogen) atoms. The van der Waals surface area contributed by atoms with Gasteiger partial charge in [-0.3, -0.25) is 0 Å². The Hall–Kier alpha value is -2.53. The Kier molecular flexibility index (Phi) is 4.09. The first kappa shape index (κ1) is 16.0. The molecule has 0 bridgehead atoms. The van der Waals surface area contributed by atoms with E-state index in [1.165, 1.54) is 22.3 Å². The van der Waals surface area contributed by atoms with Gasteiger partial charge in [-0.2, -0.15) is 0 Å². The quantitative estimate of drug-likeness (QED) is 0.827. The van der Waals surface area contributed by atoms with Crippen molar-refractivity contribution < 1.29 is 9.47 Å². The van der Waals surface area contributed by atoms with Crippen molar-refractivity contribution in [3.05, 3.63) is 64.7 Å². The lowest BCUT2D eigenvalue weighted by Gasteiger charge is -2.36. The second kappa shape index (κ2) is 6.41. The van der Waals surface area contributed by atoms with Gasteiger partial charge in [0.1, 0.15) is 11.5 Å². The Morgan fingerprint density at radius 1 is 0.960 bits per heavy atom. The number of methoxy groups -OCH3 is 2. The number of ether oxygens (including phenoxy) is 2. The Bertz CT molecular complexity index is 858. The molecular weight excluding hydrogens is 332 g/mol. The number of hydrogen-bond donors (Lipinski definition) is 2. The van der Waals surface area contributed by atoms with Crippen LogP contribution in [0.1, 0.15) is 29.2 Å². The van der Waals surface area contributed by atoms with Gasteiger partial charge in [0.15, 0.2) is 5.11 Å². The molecule has 0 aromatic heterocycles. The van der Waals surface area contributed by atoms with Crippen LogP contribution in [0.15, 0.2) is 48.0 Å². The van der Waals surface area contributed by atoms with E-state index in [0.29, 0.717) is 5.11 Å². The molecule has 4 rings (SSSR count). The highest BCUT2D eigenvalue weighted by molar-refractivity contribution is 7.80. The maximum Gasteiger partial charge on any atom is 0.171 e. The average Bonchev–Trinajstić information content (AvgIpc) is 2.67. The van der Waals surface area contributed by atoms with Crippen LogP contribution in [0.5, 0.6) is 11.5 Å². The number of aryl methyl sites for hydroxylation is 1. The number of benzene rings is 2. The van der Waals surface area contributed by atoms with Gasteiger partial charge >= 0.3 is 0 Å². The zero-order valence-electron chi connectivity index (χ0n) is 14.3. The highest BCUT2D eigenvalue weighted by atomic mass is 32.1. The van der Waals surface area contributed by atoms with Crippen molar-refractivity contribution in [2.24, 2.45) is 0 Å². The predicted octanol–water partition coefficient (Wildman–Crippen LogP) is 3.58. The van der Waals surface area contributed by atoms with Gasteiger partial charge in [-0.25, -0.2) is 0 Å². The zero-order valence-corrected chi connectivity index (χ0v) is 15.1. The lowest BCUT2D eigenvalue weighted by molar-refractivity contribution is 0.414. The molecule has 0 amide bonds. The molecule has 2 aromatic rings. The lowest BCUT2D eigenvalue weighted by atomic mass is 9.83. The van der Waals surface area contributed by atoms with E-state index in [0.717, 1.165) is 30.0 Å². The number of hydrogen-bond acceptors (Lipinski definition) is 3. The maximum atomic E-state index is 5.48. The molecule has 2 N–H and O–H groups in total. The summed E-state index contributed by atoms with van der Waals surface area (Å²) in [5, 5.41) is 7.44. The maximum absolute atomic E-state index is 5.48. The molecule has 0 saturated heterocycles. The van der Waals surface area contributed by atoms with Crippen molar-refractivity contribution in [1.82, 2.24) is 10.6 Å². The van der Waals surface area contributed by atoms with Crippen LogP contribution in [0.3, 0.4) is 0 Å². The van der Waals surface area contributed by atoms with Crippen molar-refractivity contribution in [1.29, 1.82) is 0 Å². The molecule has 2 aromatic carbocycles. The van der Waals surface area contributed by atoms with Crippen LogP contribution in [0.25, 0.3) is 5.70 Å². The number of fused-ring (bicyclic) bond motifs is 2. The summed E-state index contributed by atoms with van der Waals surface area (Å²) >= 11 is 5.48. The Balaban J connectivity index is 1.80. The van der Waals surface area contributed by atoms with Gasteiger partial charge in [-0.1, -0.05) is 18.2 Å². The summed E-state index contributed by atoms with van der Waals surface area (Å²) in [6.45, 7) is 0. The minimum Gasteiger partial charge on any atom is -0.497 e. The summed E-state index contributed by atoms with van der Waals surface area (Å²) < 4.78 is 10.7. The van der Waals surface area contributed by atoms with Gasteiger partial charge < -0.3 is 20.1 Å². The van der Waals surface area contributed by atoms with Crippen molar-refractivity contribution in [3.8, 4) is 11.5 Å². The van der Waals surface area contributed by atoms with E-state index in [1.807, 2.05) is 18.2 Å². The minimum absolute atomic E-state index is 0.0778. The fourth-order valence-corrected chi connectivity index (χ4v) is 3.81. The topological polar surface area (TPSA) is 42.5 Å². The van der Waals surface area contributed by atoms with Crippen molar-refractivity contribution in [2.45, 2.75) is 18.9 Å². The summed E-state index contributed by atoms with van der Waals surface area (Å²) in [7, 11) is 3.37. The summed E-state index contributed by atoms with van der Waals surface area (Å²) in [6.07, 6.45) is 2.01. The van der Waals surface area contributed by atoms with Gasteiger partial charge in [0, 0.05) is 11.3 Å². The normalized spacial score (nSPS) is 18.6. The standard InChI is InChI=1S/C20H20N2O2S/c1-23-14-7-4-13(5-8-14)18-16-10-6-12-3-9-15(24-2)11-17(12)19(16)22-20(25)21-18/h3-5,7-9,11,18H,6,10H2,1-2H3,(H2,21,22,25)/t18-/m1/s1. The fraction of sp³-hybridized carbons (Fsp3) is 0.250. The molecule has 0 spiro atoms. The third-order valence-electron chi connectivity index (χ3n) is 4.88. The van der Waals surface area contributed by atoms with E-state index in [4.69, 9.17) is 21.7 Å². The van der Waals surface area contributed by atoms with Crippen molar-refractivity contribution >= 4 is 23.0 Å². The molecule has 4 nitrogen and oxygen atoms in total. The molecule has 1 aliphatic heterocycles. The Morgan fingerprint density at radius 2 is 1.68 bits per heavy atom. The van der Waals surface area contributed by atoms with E-state index in [9.17, 15) is 0 Å². The van der Waals surface area contributed by atoms with Crippen LogP contribution in [0.4, 0.5) is 0 Å². The molecule has 0 radical (unpaired) electrons. The zero-order chi connectivity index (χ0) is 17.4. The summed E-state index contributed by atoms with van der Waals surface area (Å²) in [5.41, 5.74) is 6.14. The first-order valence-corrected chi connectivity index (χ1v) is 8.72. The highest BCUT2D eigenvalue weighted by Crippen LogP contribution is 2.40. The van der Waals surface area contributed by atoms with Crippen LogP contribution in [0, 0.1) is 0 Å². The van der Waals surface area contributed by atoms with Crippen molar-refractivity contribution in [2.75, 3.05) is 14.2 Å². The molecule has 5 heteroatoms. The van der Waals surface area contributed by atoms with Crippen molar-refractivity contribution in [3.63, 3.8) is 0 Å². The number of thiocarbonyl (C=S) groups is 1. The van der Waals surface area contributed by atoms with Crippen LogP contribution >= 0.6 is 12.2 Å². The highest BCUT2D eigenvalue weighted by Gasteiger charge is 2.31.